The monoisotopic (exact) mass is 790 g/mol. The number of carbonyl (C=O) groups excluding carboxylic acids is 3. The van der Waals surface area contributed by atoms with Crippen molar-refractivity contribution in [2.45, 2.75) is 102 Å². The first-order valence-electron chi connectivity index (χ1n) is 20.2. The number of methoxy groups -OCH3 is 1. The number of H-pyrrole nitrogens is 2. The number of aromatic amines is 2. The molecule has 4 aromatic rings. The molecule has 2 saturated heterocycles. The van der Waals surface area contributed by atoms with Crippen molar-refractivity contribution in [3.05, 3.63) is 70.2 Å². The predicted molar refractivity (Wildman–Crippen MR) is 210 cm³/mol. The minimum atomic E-state index is -1.25. The first-order chi connectivity index (χ1) is 27.8. The van der Waals surface area contributed by atoms with Gasteiger partial charge in [0.1, 0.15) is 29.2 Å². The third-order valence-electron chi connectivity index (χ3n) is 12.7. The van der Waals surface area contributed by atoms with Gasteiger partial charge in [-0.3, -0.25) is 9.59 Å². The molecule has 9 rings (SSSR count). The summed E-state index contributed by atoms with van der Waals surface area (Å²) in [5.41, 5.74) is 5.96. The van der Waals surface area contributed by atoms with Crippen molar-refractivity contribution in [3.63, 3.8) is 0 Å². The molecule has 8 atom stereocenters. The molecule has 58 heavy (non-hydrogen) atoms. The number of rotatable bonds is 8. The maximum atomic E-state index is 15.5. The van der Waals surface area contributed by atoms with E-state index >= 15 is 4.39 Å². The molecular formula is C43H47FN8O6. The third-order valence-corrected chi connectivity index (χ3v) is 12.7. The summed E-state index contributed by atoms with van der Waals surface area (Å²) in [6.07, 6.45) is 2.94. The standard InChI is InChI=1S/C43H47FN8O6/c1-19(2)34(49-42(55)56)40(53)51-30-15-25(30)18-33(51)39-46-29-14-22(13-27(44)37(29)48-39)7-6-21-8-10-26-23(12-21)9-11-28-36(26)47-38(45-28)32-17-24-16-31(24)52(32)41(54)35(20(3)4)50-43(57)58-5/h8,10,12-14,19-20,24-25,30-35,49H,9,11,15-18H2,1-5H3,(H,45,47)(H,46,48)(H,50,57)(H,55,56)/t24-,25-,30-,31-,32+,33+,34+,35+/m1/s1. The number of aromatic nitrogens is 4. The average molecular weight is 791 g/mol. The quantitative estimate of drug-likeness (QED) is 0.143. The number of halogens is 1. The molecular weight excluding hydrogens is 744 g/mol. The van der Waals surface area contributed by atoms with Gasteiger partial charge >= 0.3 is 12.2 Å². The summed E-state index contributed by atoms with van der Waals surface area (Å²) >= 11 is 0. The van der Waals surface area contributed by atoms with Crippen LogP contribution < -0.4 is 10.6 Å². The number of benzene rings is 2. The van der Waals surface area contributed by atoms with Gasteiger partial charge in [0.2, 0.25) is 11.8 Å². The second-order valence-corrected chi connectivity index (χ2v) is 17.2. The Morgan fingerprint density at radius 2 is 1.45 bits per heavy atom. The first kappa shape index (κ1) is 37.7. The number of alkyl carbamates (subject to hydrolysis) is 1. The van der Waals surface area contributed by atoms with Crippen LogP contribution >= 0.6 is 0 Å². The molecule has 0 bridgehead atoms. The first-order valence-corrected chi connectivity index (χ1v) is 20.2. The number of carbonyl (C=O) groups is 4. The highest BCUT2D eigenvalue weighted by molar-refractivity contribution is 5.88. The molecule has 2 saturated carbocycles. The van der Waals surface area contributed by atoms with Crippen LogP contribution in [0.5, 0.6) is 0 Å². The van der Waals surface area contributed by atoms with Gasteiger partial charge in [-0.1, -0.05) is 45.6 Å². The van der Waals surface area contributed by atoms with Crippen molar-refractivity contribution in [1.29, 1.82) is 0 Å². The van der Waals surface area contributed by atoms with Crippen LogP contribution in [0.3, 0.4) is 0 Å². The van der Waals surface area contributed by atoms with Gasteiger partial charge in [-0.05, 0) is 92.0 Å². The van der Waals surface area contributed by atoms with Gasteiger partial charge in [-0.15, -0.1) is 0 Å². The summed E-state index contributed by atoms with van der Waals surface area (Å²) in [6, 6.07) is 7.12. The van der Waals surface area contributed by atoms with Crippen LogP contribution in [0.4, 0.5) is 14.0 Å². The Bertz CT molecular complexity index is 2430. The molecule has 0 radical (unpaired) electrons. The Morgan fingerprint density at radius 3 is 2.07 bits per heavy atom. The molecule has 2 aromatic carbocycles. The number of hydrogen-bond donors (Lipinski definition) is 5. The number of carboxylic acid groups (broad SMARTS) is 1. The number of imidazole rings is 2. The van der Waals surface area contributed by atoms with E-state index in [4.69, 9.17) is 9.72 Å². The van der Waals surface area contributed by atoms with E-state index in [1.807, 2.05) is 30.9 Å². The van der Waals surface area contributed by atoms with E-state index in [1.165, 1.54) is 13.2 Å². The Morgan fingerprint density at radius 1 is 0.828 bits per heavy atom. The number of piperidine rings is 2. The van der Waals surface area contributed by atoms with Crippen LogP contribution in [0.25, 0.3) is 22.3 Å². The smallest absolute Gasteiger partial charge is 0.407 e. The number of nitrogens with one attached hydrogen (secondary N) is 4. The number of fused-ring (bicyclic) bond motifs is 6. The lowest BCUT2D eigenvalue weighted by Crippen LogP contribution is -2.52. The van der Waals surface area contributed by atoms with Crippen molar-refractivity contribution in [3.8, 4) is 23.1 Å². The van der Waals surface area contributed by atoms with E-state index < -0.39 is 36.1 Å². The van der Waals surface area contributed by atoms with E-state index in [-0.39, 0.29) is 47.3 Å². The van der Waals surface area contributed by atoms with Gasteiger partial charge in [0.25, 0.3) is 0 Å². The van der Waals surface area contributed by atoms with E-state index in [9.17, 15) is 24.3 Å². The number of amides is 4. The summed E-state index contributed by atoms with van der Waals surface area (Å²) in [4.78, 5) is 71.2. The number of nitrogens with zero attached hydrogens (tertiary/aromatic N) is 4. The lowest BCUT2D eigenvalue weighted by Gasteiger charge is -2.31. The van der Waals surface area contributed by atoms with Crippen LogP contribution in [0.1, 0.15) is 99.5 Å². The normalized spacial score (nSPS) is 24.6. The van der Waals surface area contributed by atoms with E-state index in [0.29, 0.717) is 35.2 Å². The third kappa shape index (κ3) is 6.61. The lowest BCUT2D eigenvalue weighted by atomic mass is 9.91. The topological polar surface area (TPSA) is 186 Å². The summed E-state index contributed by atoms with van der Waals surface area (Å²) in [7, 11) is 1.29. The maximum absolute atomic E-state index is 15.5. The van der Waals surface area contributed by atoms with E-state index in [0.717, 1.165) is 66.0 Å². The fraction of sp³-hybridized carbons (Fsp3) is 0.488. The van der Waals surface area contributed by atoms with Crippen LogP contribution in [0.15, 0.2) is 30.3 Å². The van der Waals surface area contributed by atoms with Gasteiger partial charge in [-0.25, -0.2) is 23.9 Å². The zero-order chi connectivity index (χ0) is 40.7. The molecule has 2 aromatic heterocycles. The minimum Gasteiger partial charge on any atom is -0.465 e. The molecule has 2 aliphatic heterocycles. The molecule has 4 amide bonds. The number of aryl methyl sites for hydroxylation is 2. The van der Waals surface area contributed by atoms with Crippen molar-refractivity contribution >= 4 is 35.0 Å². The molecule has 14 nitrogen and oxygen atoms in total. The fourth-order valence-electron chi connectivity index (χ4n) is 9.54. The second-order valence-electron chi connectivity index (χ2n) is 17.2. The second kappa shape index (κ2) is 14.2. The summed E-state index contributed by atoms with van der Waals surface area (Å²) in [5.74, 6) is 7.02. The molecule has 5 N–H and O–H groups in total. The maximum Gasteiger partial charge on any atom is 0.407 e. The summed E-state index contributed by atoms with van der Waals surface area (Å²) in [6.45, 7) is 7.43. The summed E-state index contributed by atoms with van der Waals surface area (Å²) in [5, 5.41) is 14.5. The molecule has 15 heteroatoms. The molecule has 0 unspecified atom stereocenters. The van der Waals surface area contributed by atoms with Crippen LogP contribution in [-0.4, -0.2) is 90.1 Å². The molecule has 5 aliphatic rings. The number of hydrogen-bond acceptors (Lipinski definition) is 7. The summed E-state index contributed by atoms with van der Waals surface area (Å²) < 4.78 is 20.3. The minimum absolute atomic E-state index is 0.0204. The highest BCUT2D eigenvalue weighted by atomic mass is 19.1. The molecule has 3 aliphatic carbocycles. The van der Waals surface area contributed by atoms with Gasteiger partial charge < -0.3 is 40.2 Å². The van der Waals surface area contributed by atoms with Gasteiger partial charge in [0.05, 0.1) is 36.1 Å². The Labute approximate surface area is 334 Å². The Hall–Kier alpha value is -5.91. The zero-order valence-electron chi connectivity index (χ0n) is 33.1. The van der Waals surface area contributed by atoms with E-state index in [1.54, 1.807) is 24.8 Å². The van der Waals surface area contributed by atoms with Crippen LogP contribution in [0.2, 0.25) is 0 Å². The average Bonchev–Trinajstić information content (AvgIpc) is 3.84. The van der Waals surface area contributed by atoms with E-state index in [2.05, 4.69) is 43.5 Å². The molecule has 302 valence electrons. The largest absolute Gasteiger partial charge is 0.465 e. The number of ether oxygens (including phenoxy) is 1. The highest BCUT2D eigenvalue weighted by Gasteiger charge is 2.57. The van der Waals surface area contributed by atoms with Gasteiger partial charge in [0, 0.05) is 28.8 Å². The molecule has 4 fully saturated rings. The van der Waals surface area contributed by atoms with Crippen molar-refractivity contribution in [2.24, 2.45) is 23.7 Å². The van der Waals surface area contributed by atoms with Crippen molar-refractivity contribution in [2.75, 3.05) is 7.11 Å². The Balaban J connectivity index is 0.932. The zero-order valence-corrected chi connectivity index (χ0v) is 33.1. The molecule has 0 spiro atoms. The van der Waals surface area contributed by atoms with Gasteiger partial charge in [-0.2, -0.15) is 0 Å². The van der Waals surface area contributed by atoms with Crippen molar-refractivity contribution in [1.82, 2.24) is 40.4 Å². The van der Waals surface area contributed by atoms with Gasteiger partial charge in [0.15, 0.2) is 5.82 Å². The van der Waals surface area contributed by atoms with Crippen LogP contribution in [0, 0.1) is 41.3 Å². The predicted octanol–water partition coefficient (Wildman–Crippen LogP) is 5.59. The fourth-order valence-corrected chi connectivity index (χ4v) is 9.54. The lowest BCUT2D eigenvalue weighted by molar-refractivity contribution is -0.137. The Kier molecular flexibility index (Phi) is 9.20. The molecule has 4 heterocycles. The van der Waals surface area contributed by atoms with Crippen molar-refractivity contribution < 1.29 is 33.4 Å². The SMILES string of the molecule is COC(=O)N[C@H](C(=O)N1[C@@H]2C[C@@H]2C[C@H]1c1nc2c([nH]1)-c1ccc(C#Cc3cc(F)c4nc([C@@H]5C[C@H]6C[C@H]6N5C(=O)[C@@H](NC(=O)O)C(C)C)[nH]c4c3)cc1CC2)C(C)C. The van der Waals surface area contributed by atoms with Crippen LogP contribution in [-0.2, 0) is 27.2 Å². The number of likely N-dealkylation sites (tertiary alicyclic amines) is 2. The highest BCUT2D eigenvalue weighted by Crippen LogP contribution is 2.55.